The molecule has 1 atom stereocenters. The fourth-order valence-corrected chi connectivity index (χ4v) is 3.37. The van der Waals surface area contributed by atoms with Crippen LogP contribution in [0.25, 0.3) is 0 Å². The Bertz CT molecular complexity index is 465. The Morgan fingerprint density at radius 2 is 2.26 bits per heavy atom. The van der Waals surface area contributed by atoms with Gasteiger partial charge in [0.05, 0.1) is 16.4 Å². The van der Waals surface area contributed by atoms with Crippen LogP contribution >= 0.6 is 23.4 Å². The van der Waals surface area contributed by atoms with Crippen molar-refractivity contribution < 1.29 is 9.90 Å². The second-order valence-corrected chi connectivity index (χ2v) is 6.56. The molecular formula is C14H18ClNO2S. The zero-order chi connectivity index (χ0) is 13.9. The summed E-state index contributed by atoms with van der Waals surface area (Å²) in [5, 5.41) is 10.7. The lowest BCUT2D eigenvalue weighted by Crippen LogP contribution is -2.49. The number of carbonyl (C=O) groups is 1. The summed E-state index contributed by atoms with van der Waals surface area (Å²) in [6.07, 6.45) is 1.62. The lowest BCUT2D eigenvalue weighted by molar-refractivity contribution is -0.134. The van der Waals surface area contributed by atoms with E-state index in [1.54, 1.807) is 11.8 Å². The minimum atomic E-state index is -0.747. The van der Waals surface area contributed by atoms with Gasteiger partial charge in [-0.15, -0.1) is 11.8 Å². The van der Waals surface area contributed by atoms with E-state index in [0.717, 1.165) is 24.3 Å². The molecule has 104 valence electrons. The highest BCUT2D eigenvalue weighted by molar-refractivity contribution is 8.00. The van der Waals surface area contributed by atoms with Gasteiger partial charge in [0, 0.05) is 18.0 Å². The number of rotatable bonds is 3. The molecule has 2 rings (SSSR count). The average Bonchev–Trinajstić information content (AvgIpc) is 2.36. The van der Waals surface area contributed by atoms with Crippen LogP contribution in [-0.2, 0) is 4.79 Å². The standard InChI is InChI=1S/C14H18ClNO2S/c1-14(18)7-4-8-16(10-14)13(17)9-19-12-6-3-2-5-11(12)15/h2-3,5-6,18H,4,7-10H2,1H3. The van der Waals surface area contributed by atoms with Crippen LogP contribution in [-0.4, -0.2) is 40.4 Å². The van der Waals surface area contributed by atoms with E-state index < -0.39 is 5.60 Å². The number of benzene rings is 1. The lowest BCUT2D eigenvalue weighted by atomic mass is 9.95. The molecule has 0 spiro atoms. The fourth-order valence-electron chi connectivity index (χ4n) is 2.23. The fraction of sp³-hybridized carbons (Fsp3) is 0.500. The second-order valence-electron chi connectivity index (χ2n) is 5.13. The highest BCUT2D eigenvalue weighted by Gasteiger charge is 2.30. The van der Waals surface area contributed by atoms with Crippen molar-refractivity contribution in [1.82, 2.24) is 4.90 Å². The van der Waals surface area contributed by atoms with Crippen molar-refractivity contribution in [3.8, 4) is 0 Å². The molecular weight excluding hydrogens is 282 g/mol. The van der Waals surface area contributed by atoms with Crippen molar-refractivity contribution >= 4 is 29.3 Å². The first-order valence-corrected chi connectivity index (χ1v) is 7.72. The van der Waals surface area contributed by atoms with Crippen molar-refractivity contribution in [2.24, 2.45) is 0 Å². The predicted octanol–water partition coefficient (Wildman–Crippen LogP) is 2.81. The SMILES string of the molecule is CC1(O)CCCN(C(=O)CSc2ccccc2Cl)C1. The highest BCUT2D eigenvalue weighted by atomic mass is 35.5. The van der Waals surface area contributed by atoms with Gasteiger partial charge in [0.2, 0.25) is 5.91 Å². The summed E-state index contributed by atoms with van der Waals surface area (Å²) >= 11 is 7.50. The molecule has 0 aromatic heterocycles. The number of hydrogen-bond acceptors (Lipinski definition) is 3. The minimum absolute atomic E-state index is 0.0601. The maximum atomic E-state index is 12.1. The summed E-state index contributed by atoms with van der Waals surface area (Å²) < 4.78 is 0. The second kappa shape index (κ2) is 6.16. The Labute approximate surface area is 122 Å². The largest absolute Gasteiger partial charge is 0.388 e. The van der Waals surface area contributed by atoms with E-state index in [2.05, 4.69) is 0 Å². The smallest absolute Gasteiger partial charge is 0.233 e. The van der Waals surface area contributed by atoms with Crippen molar-refractivity contribution in [2.75, 3.05) is 18.8 Å². The summed E-state index contributed by atoms with van der Waals surface area (Å²) in [6.45, 7) is 2.95. The zero-order valence-corrected chi connectivity index (χ0v) is 12.5. The summed E-state index contributed by atoms with van der Waals surface area (Å²) in [5.41, 5.74) is -0.747. The number of thioether (sulfide) groups is 1. The van der Waals surface area contributed by atoms with Gasteiger partial charge in [0.1, 0.15) is 0 Å². The number of nitrogens with zero attached hydrogens (tertiary/aromatic N) is 1. The molecule has 1 amide bonds. The van der Waals surface area contributed by atoms with Crippen LogP contribution in [0.2, 0.25) is 5.02 Å². The van der Waals surface area contributed by atoms with Crippen LogP contribution in [0.3, 0.4) is 0 Å². The van der Waals surface area contributed by atoms with Crippen LogP contribution in [0.15, 0.2) is 29.2 Å². The Hall–Kier alpha value is -0.710. The first-order valence-electron chi connectivity index (χ1n) is 6.35. The van der Waals surface area contributed by atoms with E-state index in [-0.39, 0.29) is 5.91 Å². The van der Waals surface area contributed by atoms with Gasteiger partial charge in [-0.25, -0.2) is 0 Å². The van der Waals surface area contributed by atoms with Crippen LogP contribution in [0.4, 0.5) is 0 Å². The molecule has 1 aliphatic rings. The quantitative estimate of drug-likeness (QED) is 0.873. The molecule has 1 aliphatic heterocycles. The maximum Gasteiger partial charge on any atom is 0.233 e. The third-order valence-corrected chi connectivity index (χ3v) is 4.72. The van der Waals surface area contributed by atoms with Gasteiger partial charge in [-0.1, -0.05) is 23.7 Å². The first-order chi connectivity index (χ1) is 8.98. The average molecular weight is 300 g/mol. The highest BCUT2D eigenvalue weighted by Crippen LogP contribution is 2.27. The monoisotopic (exact) mass is 299 g/mol. The topological polar surface area (TPSA) is 40.5 Å². The molecule has 5 heteroatoms. The van der Waals surface area contributed by atoms with Gasteiger partial charge in [-0.05, 0) is 31.9 Å². The van der Waals surface area contributed by atoms with Gasteiger partial charge in [0.25, 0.3) is 0 Å². The number of amides is 1. The van der Waals surface area contributed by atoms with Crippen molar-refractivity contribution in [2.45, 2.75) is 30.3 Å². The molecule has 0 bridgehead atoms. The van der Waals surface area contributed by atoms with Crippen molar-refractivity contribution in [3.05, 3.63) is 29.3 Å². The molecule has 1 fully saturated rings. The molecule has 1 aromatic carbocycles. The number of likely N-dealkylation sites (tertiary alicyclic amines) is 1. The Morgan fingerprint density at radius 1 is 1.53 bits per heavy atom. The van der Waals surface area contributed by atoms with Crippen LogP contribution < -0.4 is 0 Å². The summed E-state index contributed by atoms with van der Waals surface area (Å²) in [4.78, 5) is 14.8. The zero-order valence-electron chi connectivity index (χ0n) is 10.9. The van der Waals surface area contributed by atoms with E-state index in [9.17, 15) is 9.90 Å². The van der Waals surface area contributed by atoms with Gasteiger partial charge in [-0.3, -0.25) is 4.79 Å². The molecule has 1 N–H and O–H groups in total. The third kappa shape index (κ3) is 4.13. The number of β-amino-alcohol motifs (C(OH)–C–C–N with tert-alkyl or cyclic N) is 1. The minimum Gasteiger partial charge on any atom is -0.388 e. The van der Waals surface area contributed by atoms with Crippen LogP contribution in [0, 0.1) is 0 Å². The Kier molecular flexibility index (Phi) is 4.76. The molecule has 1 heterocycles. The molecule has 1 unspecified atom stereocenters. The van der Waals surface area contributed by atoms with Gasteiger partial charge in [-0.2, -0.15) is 0 Å². The van der Waals surface area contributed by atoms with Crippen molar-refractivity contribution in [3.63, 3.8) is 0 Å². The summed E-state index contributed by atoms with van der Waals surface area (Å²) in [5.74, 6) is 0.421. The molecule has 0 aliphatic carbocycles. The number of carbonyl (C=O) groups excluding carboxylic acids is 1. The predicted molar refractivity (Wildman–Crippen MR) is 78.6 cm³/mol. The number of piperidine rings is 1. The van der Waals surface area contributed by atoms with E-state index >= 15 is 0 Å². The molecule has 0 radical (unpaired) electrons. The van der Waals surface area contributed by atoms with E-state index in [4.69, 9.17) is 11.6 Å². The Balaban J connectivity index is 1.90. The third-order valence-electron chi connectivity index (χ3n) is 3.22. The molecule has 19 heavy (non-hydrogen) atoms. The number of hydrogen-bond donors (Lipinski definition) is 1. The molecule has 1 saturated heterocycles. The van der Waals surface area contributed by atoms with Crippen LogP contribution in [0.5, 0.6) is 0 Å². The number of aliphatic hydroxyl groups is 1. The lowest BCUT2D eigenvalue weighted by Gasteiger charge is -2.36. The van der Waals surface area contributed by atoms with E-state index in [1.165, 1.54) is 11.8 Å². The van der Waals surface area contributed by atoms with E-state index in [1.807, 2.05) is 24.3 Å². The van der Waals surface area contributed by atoms with Gasteiger partial charge < -0.3 is 10.0 Å². The molecule has 3 nitrogen and oxygen atoms in total. The normalized spacial score (nSPS) is 23.4. The molecule has 1 aromatic rings. The Morgan fingerprint density at radius 3 is 2.95 bits per heavy atom. The number of halogens is 1. The molecule has 0 saturated carbocycles. The summed E-state index contributed by atoms with van der Waals surface area (Å²) in [6, 6.07) is 7.51. The van der Waals surface area contributed by atoms with Crippen LogP contribution in [0.1, 0.15) is 19.8 Å². The first kappa shape index (κ1) is 14.7. The van der Waals surface area contributed by atoms with Gasteiger partial charge >= 0.3 is 0 Å². The summed E-state index contributed by atoms with van der Waals surface area (Å²) in [7, 11) is 0. The van der Waals surface area contributed by atoms with Gasteiger partial charge in [0.15, 0.2) is 0 Å². The van der Waals surface area contributed by atoms with Crippen molar-refractivity contribution in [1.29, 1.82) is 0 Å². The van der Waals surface area contributed by atoms with E-state index in [0.29, 0.717) is 17.3 Å². The maximum absolute atomic E-state index is 12.1.